The molecule has 0 bridgehead atoms. The van der Waals surface area contributed by atoms with Crippen LogP contribution in [0.5, 0.6) is 0 Å². The molecule has 4 nitrogen and oxygen atoms in total. The molecule has 2 aliphatic rings. The lowest BCUT2D eigenvalue weighted by Crippen LogP contribution is -2.32. The topological polar surface area (TPSA) is 49.8 Å². The van der Waals surface area contributed by atoms with E-state index in [0.717, 1.165) is 18.4 Å². The number of hydrogen-bond acceptors (Lipinski definition) is 3. The summed E-state index contributed by atoms with van der Waals surface area (Å²) in [5, 5.41) is 10.0. The van der Waals surface area contributed by atoms with Crippen LogP contribution in [0.3, 0.4) is 0 Å². The highest BCUT2D eigenvalue weighted by atomic mass is 16.6. The molecule has 1 unspecified atom stereocenters. The Labute approximate surface area is 119 Å². The summed E-state index contributed by atoms with van der Waals surface area (Å²) in [7, 11) is 0. The Morgan fingerprint density at radius 3 is 2.50 bits per heavy atom. The SMILES string of the molecule is CC1(O)C[C@H]2CN(C(=O)OCc3ccccc3)C[C@H]2C1. The zero-order valence-corrected chi connectivity index (χ0v) is 11.8. The van der Waals surface area contributed by atoms with E-state index in [2.05, 4.69) is 0 Å². The van der Waals surface area contributed by atoms with Gasteiger partial charge in [-0.05, 0) is 37.2 Å². The van der Waals surface area contributed by atoms with Crippen LogP contribution in [-0.4, -0.2) is 34.8 Å². The monoisotopic (exact) mass is 275 g/mol. The molecule has 3 atom stereocenters. The standard InChI is InChI=1S/C16H21NO3/c1-16(19)7-13-9-17(10-14(13)8-16)15(18)20-11-12-5-3-2-4-6-12/h2-6,13-14,19H,7-11H2,1H3/t13-,14+,16?. The molecule has 108 valence electrons. The minimum atomic E-state index is -0.546. The molecule has 0 spiro atoms. The lowest BCUT2D eigenvalue weighted by molar-refractivity contribution is 0.0510. The normalized spacial score (nSPS) is 32.2. The number of rotatable bonds is 2. The van der Waals surface area contributed by atoms with Crippen molar-refractivity contribution in [3.05, 3.63) is 35.9 Å². The Morgan fingerprint density at radius 2 is 1.90 bits per heavy atom. The zero-order chi connectivity index (χ0) is 14.2. The maximum atomic E-state index is 12.1. The van der Waals surface area contributed by atoms with Crippen LogP contribution >= 0.6 is 0 Å². The van der Waals surface area contributed by atoms with E-state index in [-0.39, 0.29) is 6.09 Å². The molecule has 1 aliphatic heterocycles. The van der Waals surface area contributed by atoms with Crippen molar-refractivity contribution in [2.24, 2.45) is 11.8 Å². The van der Waals surface area contributed by atoms with E-state index in [9.17, 15) is 9.90 Å². The van der Waals surface area contributed by atoms with E-state index >= 15 is 0 Å². The van der Waals surface area contributed by atoms with Gasteiger partial charge in [0.05, 0.1) is 5.60 Å². The fourth-order valence-corrected chi connectivity index (χ4v) is 3.57. The molecule has 3 rings (SSSR count). The van der Waals surface area contributed by atoms with Gasteiger partial charge in [0.15, 0.2) is 0 Å². The van der Waals surface area contributed by atoms with Crippen molar-refractivity contribution in [1.29, 1.82) is 0 Å². The van der Waals surface area contributed by atoms with Crippen molar-refractivity contribution in [2.75, 3.05) is 13.1 Å². The molecule has 1 amide bonds. The molecule has 20 heavy (non-hydrogen) atoms. The summed E-state index contributed by atoms with van der Waals surface area (Å²) in [6.45, 7) is 3.65. The van der Waals surface area contributed by atoms with Crippen molar-refractivity contribution in [2.45, 2.75) is 32.0 Å². The van der Waals surface area contributed by atoms with Crippen molar-refractivity contribution in [3.63, 3.8) is 0 Å². The van der Waals surface area contributed by atoms with Gasteiger partial charge < -0.3 is 14.7 Å². The Bertz CT molecular complexity index is 470. The number of likely N-dealkylation sites (tertiary alicyclic amines) is 1. The first kappa shape index (κ1) is 13.4. The van der Waals surface area contributed by atoms with Gasteiger partial charge in [0.2, 0.25) is 0 Å². The number of fused-ring (bicyclic) bond motifs is 1. The third-order valence-corrected chi connectivity index (χ3v) is 4.44. The summed E-state index contributed by atoms with van der Waals surface area (Å²) >= 11 is 0. The third kappa shape index (κ3) is 2.80. The van der Waals surface area contributed by atoms with Crippen LogP contribution in [0.1, 0.15) is 25.3 Å². The van der Waals surface area contributed by atoms with Crippen molar-refractivity contribution in [1.82, 2.24) is 4.90 Å². The lowest BCUT2D eigenvalue weighted by Gasteiger charge is -2.21. The predicted molar refractivity (Wildman–Crippen MR) is 75.0 cm³/mol. The number of aliphatic hydroxyl groups is 1. The summed E-state index contributed by atoms with van der Waals surface area (Å²) < 4.78 is 5.35. The molecule has 2 fully saturated rings. The number of benzene rings is 1. The first-order valence-electron chi connectivity index (χ1n) is 7.21. The van der Waals surface area contributed by atoms with Gasteiger partial charge in [0.1, 0.15) is 6.61 Å². The molecule has 1 aromatic carbocycles. The van der Waals surface area contributed by atoms with E-state index in [1.165, 1.54) is 0 Å². The molecule has 1 aliphatic carbocycles. The number of carbonyl (C=O) groups excluding carboxylic acids is 1. The molecule has 4 heteroatoms. The van der Waals surface area contributed by atoms with Gasteiger partial charge >= 0.3 is 6.09 Å². The highest BCUT2D eigenvalue weighted by molar-refractivity contribution is 5.68. The second-order valence-electron chi connectivity index (χ2n) is 6.37. The minimum absolute atomic E-state index is 0.233. The molecule has 0 radical (unpaired) electrons. The Hall–Kier alpha value is -1.55. The fourth-order valence-electron chi connectivity index (χ4n) is 3.57. The molecule has 1 N–H and O–H groups in total. The van der Waals surface area contributed by atoms with Gasteiger partial charge in [0, 0.05) is 13.1 Å². The minimum Gasteiger partial charge on any atom is -0.445 e. The molecule has 1 saturated heterocycles. The molecule has 1 saturated carbocycles. The highest BCUT2D eigenvalue weighted by Crippen LogP contribution is 2.43. The van der Waals surface area contributed by atoms with Crippen molar-refractivity contribution in [3.8, 4) is 0 Å². The largest absolute Gasteiger partial charge is 0.445 e. The number of ether oxygens (including phenoxy) is 1. The first-order valence-corrected chi connectivity index (χ1v) is 7.21. The van der Waals surface area contributed by atoms with Crippen molar-refractivity contribution < 1.29 is 14.6 Å². The van der Waals surface area contributed by atoms with Crippen LogP contribution in [0.15, 0.2) is 30.3 Å². The Kier molecular flexibility index (Phi) is 3.42. The Morgan fingerprint density at radius 1 is 1.30 bits per heavy atom. The van der Waals surface area contributed by atoms with E-state index in [1.807, 2.05) is 37.3 Å². The van der Waals surface area contributed by atoms with Gasteiger partial charge in [-0.2, -0.15) is 0 Å². The second-order valence-corrected chi connectivity index (χ2v) is 6.37. The lowest BCUT2D eigenvalue weighted by atomic mass is 10.0. The summed E-state index contributed by atoms with van der Waals surface area (Å²) in [5.74, 6) is 0.851. The van der Waals surface area contributed by atoms with Crippen LogP contribution in [-0.2, 0) is 11.3 Å². The number of amides is 1. The fraction of sp³-hybridized carbons (Fsp3) is 0.562. The first-order chi connectivity index (χ1) is 9.53. The smallest absolute Gasteiger partial charge is 0.410 e. The van der Waals surface area contributed by atoms with Crippen LogP contribution in [0.4, 0.5) is 4.79 Å². The average molecular weight is 275 g/mol. The third-order valence-electron chi connectivity index (χ3n) is 4.44. The molecular weight excluding hydrogens is 254 g/mol. The number of carbonyl (C=O) groups is 1. The second kappa shape index (κ2) is 5.09. The van der Waals surface area contributed by atoms with Gasteiger partial charge in [-0.3, -0.25) is 0 Å². The quantitative estimate of drug-likeness (QED) is 0.901. The molecule has 0 aromatic heterocycles. The Balaban J connectivity index is 1.51. The number of nitrogens with zero attached hydrogens (tertiary/aromatic N) is 1. The summed E-state index contributed by atoms with van der Waals surface area (Å²) in [4.78, 5) is 13.8. The average Bonchev–Trinajstić information content (AvgIpc) is 2.90. The molecular formula is C16H21NO3. The molecule has 1 aromatic rings. The summed E-state index contributed by atoms with van der Waals surface area (Å²) in [6, 6.07) is 9.71. The summed E-state index contributed by atoms with van der Waals surface area (Å²) in [6.07, 6.45) is 1.35. The van der Waals surface area contributed by atoms with Crippen molar-refractivity contribution >= 4 is 6.09 Å². The van der Waals surface area contributed by atoms with Gasteiger partial charge in [-0.25, -0.2) is 4.79 Å². The van der Waals surface area contributed by atoms with Crippen LogP contribution in [0.2, 0.25) is 0 Å². The summed E-state index contributed by atoms with van der Waals surface area (Å²) in [5.41, 5.74) is 0.457. The van der Waals surface area contributed by atoms with Crippen LogP contribution in [0, 0.1) is 11.8 Å². The maximum absolute atomic E-state index is 12.1. The maximum Gasteiger partial charge on any atom is 0.410 e. The van der Waals surface area contributed by atoms with E-state index in [1.54, 1.807) is 4.90 Å². The van der Waals surface area contributed by atoms with Crippen LogP contribution in [0.25, 0.3) is 0 Å². The van der Waals surface area contributed by atoms with E-state index < -0.39 is 5.60 Å². The van der Waals surface area contributed by atoms with Crippen LogP contribution < -0.4 is 0 Å². The zero-order valence-electron chi connectivity index (χ0n) is 11.8. The van der Waals surface area contributed by atoms with Gasteiger partial charge in [0.25, 0.3) is 0 Å². The van der Waals surface area contributed by atoms with E-state index in [4.69, 9.17) is 4.74 Å². The van der Waals surface area contributed by atoms with Gasteiger partial charge in [-0.15, -0.1) is 0 Å². The highest BCUT2D eigenvalue weighted by Gasteiger charge is 2.47. The van der Waals surface area contributed by atoms with E-state index in [0.29, 0.717) is 31.5 Å². The predicted octanol–water partition coefficient (Wildman–Crippen LogP) is 2.42. The van der Waals surface area contributed by atoms with Gasteiger partial charge in [-0.1, -0.05) is 30.3 Å². The molecule has 1 heterocycles. The number of hydrogen-bond donors (Lipinski definition) is 1.